The van der Waals surface area contributed by atoms with Crippen LogP contribution in [0.15, 0.2) is 79.0 Å². The molecule has 3 heterocycles. The summed E-state index contributed by atoms with van der Waals surface area (Å²) in [6, 6.07) is 33.0. The first-order chi connectivity index (χ1) is 24.2. The largest absolute Gasteiger partial charge is 2.00 e. The summed E-state index contributed by atoms with van der Waals surface area (Å²) in [6.07, 6.45) is 1.90. The molecule has 0 saturated heterocycles. The second-order valence-electron chi connectivity index (χ2n) is 15.7. The van der Waals surface area contributed by atoms with E-state index in [2.05, 4.69) is 164 Å². The van der Waals surface area contributed by atoms with Crippen LogP contribution in [0.1, 0.15) is 99.5 Å². The molecule has 0 aliphatic carbocycles. The maximum absolute atomic E-state index is 6.70. The van der Waals surface area contributed by atoms with Gasteiger partial charge in [0.1, 0.15) is 5.82 Å². The van der Waals surface area contributed by atoms with Crippen molar-refractivity contribution in [2.75, 3.05) is 0 Å². The van der Waals surface area contributed by atoms with Gasteiger partial charge < -0.3 is 9.30 Å². The van der Waals surface area contributed by atoms with Crippen molar-refractivity contribution >= 4 is 21.8 Å². The molecule has 4 aromatic carbocycles. The van der Waals surface area contributed by atoms with E-state index in [1.807, 2.05) is 12.3 Å². The van der Waals surface area contributed by atoms with Crippen LogP contribution in [0, 0.1) is 39.8 Å². The summed E-state index contributed by atoms with van der Waals surface area (Å²) >= 11 is 0. The number of fused-ring (bicyclic) bond motifs is 3. The molecular formula is C46H48N4OPd. The first-order valence-corrected chi connectivity index (χ1v) is 18.1. The molecule has 0 atom stereocenters. The molecule has 7 rings (SSSR count). The molecule has 0 bridgehead atoms. The zero-order chi connectivity index (χ0) is 36.4. The summed E-state index contributed by atoms with van der Waals surface area (Å²) in [6.45, 7) is 24.3. The minimum Gasteiger partial charge on any atom is -0.509 e. The van der Waals surface area contributed by atoms with Crippen molar-refractivity contribution in [2.45, 2.75) is 93.4 Å². The first-order valence-electron chi connectivity index (χ1n) is 18.1. The fraction of sp³-hybridized carbons (Fsp3) is 0.304. The summed E-state index contributed by atoms with van der Waals surface area (Å²) in [5.74, 6) is 2.78. The normalized spacial score (nSPS) is 11.9. The fourth-order valence-electron chi connectivity index (χ4n) is 7.53. The number of pyridine rings is 1. The van der Waals surface area contributed by atoms with Gasteiger partial charge in [0.25, 0.3) is 0 Å². The van der Waals surface area contributed by atoms with E-state index in [-0.39, 0.29) is 31.8 Å². The summed E-state index contributed by atoms with van der Waals surface area (Å²) in [5.41, 5.74) is 13.5. The van der Waals surface area contributed by atoms with Gasteiger partial charge in [0.05, 0.1) is 11.4 Å². The van der Waals surface area contributed by atoms with Gasteiger partial charge in [-0.3, -0.25) is 4.68 Å². The number of hydrogen-bond donors (Lipinski definition) is 0. The topological polar surface area (TPSA) is 44.9 Å². The minimum absolute atomic E-state index is 0. The standard InChI is InChI=1S/C46H48N4O.Pd/c1-27(2)33-18-19-47-42(24-33)49-40-15-13-12-14-38(40)39-17-16-36(26-41(39)49)51-37-23-34(28(3)4)22-35(25-37)50-45(46(9,10)11)44(32(8)48-50)43-30(6)20-29(5)21-31(43)7;/h12-24,27-28H,1-11H3;/q-2;+2. The zero-order valence-corrected chi connectivity index (χ0v) is 33.7. The van der Waals surface area contributed by atoms with Gasteiger partial charge in [-0.25, -0.2) is 4.98 Å². The summed E-state index contributed by atoms with van der Waals surface area (Å²) in [7, 11) is 0. The summed E-state index contributed by atoms with van der Waals surface area (Å²) in [4.78, 5) is 4.81. The van der Waals surface area contributed by atoms with Crippen LogP contribution in [-0.2, 0) is 25.8 Å². The Morgan fingerprint density at radius 3 is 2.08 bits per heavy atom. The van der Waals surface area contributed by atoms with E-state index in [0.29, 0.717) is 17.4 Å². The van der Waals surface area contributed by atoms with Crippen molar-refractivity contribution in [3.05, 3.63) is 130 Å². The Kier molecular flexibility index (Phi) is 10.1. The van der Waals surface area contributed by atoms with Crippen LogP contribution in [0.4, 0.5) is 0 Å². The molecule has 7 aromatic rings. The summed E-state index contributed by atoms with van der Waals surface area (Å²) < 4.78 is 11.0. The van der Waals surface area contributed by atoms with Crippen LogP contribution in [0.3, 0.4) is 0 Å². The van der Waals surface area contributed by atoms with E-state index in [1.165, 1.54) is 33.4 Å². The minimum atomic E-state index is -0.198. The molecular weight excluding hydrogens is 731 g/mol. The van der Waals surface area contributed by atoms with E-state index in [9.17, 15) is 0 Å². The van der Waals surface area contributed by atoms with Gasteiger partial charge >= 0.3 is 20.4 Å². The third-order valence-electron chi connectivity index (χ3n) is 9.89. The Morgan fingerprint density at radius 2 is 1.40 bits per heavy atom. The average molecular weight is 779 g/mol. The predicted molar refractivity (Wildman–Crippen MR) is 211 cm³/mol. The van der Waals surface area contributed by atoms with Crippen LogP contribution in [0.25, 0.3) is 44.4 Å². The van der Waals surface area contributed by atoms with Crippen LogP contribution >= 0.6 is 0 Å². The molecule has 0 radical (unpaired) electrons. The number of nitrogens with zero attached hydrogens (tertiary/aromatic N) is 4. The second kappa shape index (κ2) is 14.1. The number of aromatic nitrogens is 4. The zero-order valence-electron chi connectivity index (χ0n) is 32.2. The Bertz CT molecular complexity index is 2420. The van der Waals surface area contributed by atoms with Gasteiger partial charge in [0.2, 0.25) is 0 Å². The molecule has 0 N–H and O–H groups in total. The maximum Gasteiger partial charge on any atom is 2.00 e. The van der Waals surface area contributed by atoms with E-state index in [4.69, 9.17) is 14.8 Å². The molecule has 0 fully saturated rings. The molecule has 5 nitrogen and oxygen atoms in total. The number of ether oxygens (including phenoxy) is 1. The van der Waals surface area contributed by atoms with Gasteiger partial charge in [-0.1, -0.05) is 89.9 Å². The molecule has 0 saturated carbocycles. The molecule has 0 spiro atoms. The summed E-state index contributed by atoms with van der Waals surface area (Å²) in [5, 5.41) is 7.48. The Labute approximate surface area is 322 Å². The van der Waals surface area contributed by atoms with Crippen LogP contribution in [-0.4, -0.2) is 19.3 Å². The molecule has 3 aromatic heterocycles. The van der Waals surface area contributed by atoms with Gasteiger partial charge in [-0.05, 0) is 91.1 Å². The van der Waals surface area contributed by atoms with Crippen molar-refractivity contribution in [3.8, 4) is 34.1 Å². The van der Waals surface area contributed by atoms with Gasteiger partial charge in [-0.15, -0.1) is 41.3 Å². The van der Waals surface area contributed by atoms with Gasteiger partial charge in [0.15, 0.2) is 0 Å². The van der Waals surface area contributed by atoms with Crippen LogP contribution in [0.5, 0.6) is 11.5 Å². The predicted octanol–water partition coefficient (Wildman–Crippen LogP) is 12.2. The molecule has 0 amide bonds. The molecule has 0 unspecified atom stereocenters. The molecule has 52 heavy (non-hydrogen) atoms. The molecule has 268 valence electrons. The van der Waals surface area contributed by atoms with Crippen molar-refractivity contribution in [3.63, 3.8) is 0 Å². The van der Waals surface area contributed by atoms with Gasteiger partial charge in [-0.2, -0.15) is 11.2 Å². The van der Waals surface area contributed by atoms with Gasteiger partial charge in [0, 0.05) is 34.2 Å². The number of rotatable bonds is 7. The number of aryl methyl sites for hydroxylation is 4. The second-order valence-corrected chi connectivity index (χ2v) is 15.7. The van der Waals surface area contributed by atoms with E-state index >= 15 is 0 Å². The maximum atomic E-state index is 6.70. The molecule has 0 aliphatic rings. The SMILES string of the molecule is Cc1cc(C)c(-c2c(C)nn(-c3[c-]c(Oc4[c-]c5c(cc4)c4ccccc4n5-c4cc(C(C)C)ccn4)cc(C(C)C)c3)c2C(C)(C)C)c(C)c1.[Pd+2]. The Hall–Kier alpha value is -4.50. The Balaban J connectivity index is 0.00000464. The number of benzene rings is 4. The average Bonchev–Trinajstić information content (AvgIpc) is 3.59. The quantitative estimate of drug-likeness (QED) is 0.120. The number of hydrogen-bond acceptors (Lipinski definition) is 3. The third kappa shape index (κ3) is 6.75. The van der Waals surface area contributed by atoms with Crippen molar-refractivity contribution in [2.24, 2.45) is 0 Å². The fourth-order valence-corrected chi connectivity index (χ4v) is 7.53. The van der Waals surface area contributed by atoms with Crippen molar-refractivity contribution in [1.82, 2.24) is 19.3 Å². The first kappa shape index (κ1) is 37.3. The molecule has 0 aliphatic heterocycles. The number of para-hydroxylation sites is 1. The van der Waals surface area contributed by atoms with Crippen LogP contribution < -0.4 is 4.74 Å². The van der Waals surface area contributed by atoms with E-state index in [0.717, 1.165) is 50.3 Å². The van der Waals surface area contributed by atoms with Crippen LogP contribution in [0.2, 0.25) is 0 Å². The van der Waals surface area contributed by atoms with E-state index in [1.54, 1.807) is 0 Å². The third-order valence-corrected chi connectivity index (χ3v) is 9.89. The Morgan fingerprint density at radius 1 is 0.712 bits per heavy atom. The van der Waals surface area contributed by atoms with Crippen molar-refractivity contribution < 1.29 is 25.2 Å². The monoisotopic (exact) mass is 778 g/mol. The van der Waals surface area contributed by atoms with Crippen molar-refractivity contribution in [1.29, 1.82) is 0 Å². The smallest absolute Gasteiger partial charge is 0.509 e. The molecule has 6 heteroatoms. The van der Waals surface area contributed by atoms with E-state index < -0.39 is 0 Å².